The minimum atomic E-state index is -0.747. The molecule has 2 amide bonds. The second kappa shape index (κ2) is 9.56. The highest BCUT2D eigenvalue weighted by molar-refractivity contribution is 6.56. The van der Waals surface area contributed by atoms with Crippen molar-refractivity contribution < 1.29 is 19.1 Å². The Morgan fingerprint density at radius 1 is 0.867 bits per heavy atom. The molecular formula is C21H17Cl4NO4. The lowest BCUT2D eigenvalue weighted by Crippen LogP contribution is -2.31. The van der Waals surface area contributed by atoms with Gasteiger partial charge in [-0.25, -0.2) is 9.69 Å². The Bertz CT molecular complexity index is 991. The number of carbonyl (C=O) groups is 3. The summed E-state index contributed by atoms with van der Waals surface area (Å²) < 4.78 is 5.33. The zero-order chi connectivity index (χ0) is 22.0. The van der Waals surface area contributed by atoms with Crippen LogP contribution in [-0.2, 0) is 4.74 Å². The van der Waals surface area contributed by atoms with E-state index in [1.54, 1.807) is 12.1 Å². The van der Waals surface area contributed by atoms with Gasteiger partial charge in [0.25, 0.3) is 11.8 Å². The van der Waals surface area contributed by atoms with Crippen molar-refractivity contribution >= 4 is 69.9 Å². The summed E-state index contributed by atoms with van der Waals surface area (Å²) >= 11 is 24.4. The zero-order valence-electron chi connectivity index (χ0n) is 15.9. The van der Waals surface area contributed by atoms with Gasteiger partial charge in [-0.1, -0.05) is 84.7 Å². The first-order valence-electron chi connectivity index (χ1n) is 9.32. The van der Waals surface area contributed by atoms with Crippen LogP contribution in [0.3, 0.4) is 0 Å². The summed E-state index contributed by atoms with van der Waals surface area (Å²) in [5.74, 6) is -2.13. The Morgan fingerprint density at radius 3 is 2.00 bits per heavy atom. The maximum absolute atomic E-state index is 13.1. The molecule has 0 N–H and O–H groups in total. The number of esters is 1. The Morgan fingerprint density at radius 2 is 1.43 bits per heavy atom. The summed E-state index contributed by atoms with van der Waals surface area (Å²) in [6.45, 7) is 2.33. The van der Waals surface area contributed by atoms with E-state index in [0.29, 0.717) is 0 Å². The highest BCUT2D eigenvalue weighted by Gasteiger charge is 2.43. The molecule has 2 aromatic rings. The van der Waals surface area contributed by atoms with Crippen molar-refractivity contribution in [2.45, 2.75) is 32.6 Å². The third kappa shape index (κ3) is 4.04. The highest BCUT2D eigenvalue weighted by atomic mass is 35.5. The Labute approximate surface area is 193 Å². The molecule has 158 valence electrons. The number of rotatable bonds is 7. The molecule has 0 spiro atoms. The maximum atomic E-state index is 13.1. The predicted molar refractivity (Wildman–Crippen MR) is 118 cm³/mol. The van der Waals surface area contributed by atoms with Crippen LogP contribution in [0.4, 0.5) is 5.69 Å². The molecule has 3 rings (SSSR count). The standard InChI is InChI=1S/C21H17Cl4NO4/c1-2-3-4-7-10-30-21(29)11-8-5-6-9-12(11)26-19(27)13-14(20(26)28)16(23)18(25)17(24)15(13)22/h5-6,8-9H,2-4,7,10H2,1H3. The molecule has 1 aliphatic heterocycles. The maximum Gasteiger partial charge on any atom is 0.340 e. The quantitative estimate of drug-likeness (QED) is 0.141. The fourth-order valence-electron chi connectivity index (χ4n) is 3.18. The van der Waals surface area contributed by atoms with Crippen LogP contribution in [0.15, 0.2) is 24.3 Å². The van der Waals surface area contributed by atoms with E-state index in [9.17, 15) is 14.4 Å². The lowest BCUT2D eigenvalue weighted by Gasteiger charge is -2.17. The average molecular weight is 489 g/mol. The molecule has 9 heteroatoms. The lowest BCUT2D eigenvalue weighted by atomic mass is 10.1. The van der Waals surface area contributed by atoms with Gasteiger partial charge in [-0.2, -0.15) is 0 Å². The normalized spacial score (nSPS) is 13.0. The minimum Gasteiger partial charge on any atom is -0.462 e. The first kappa shape index (κ1) is 22.9. The first-order chi connectivity index (χ1) is 14.3. The van der Waals surface area contributed by atoms with Crippen molar-refractivity contribution in [3.8, 4) is 0 Å². The second-order valence-corrected chi connectivity index (χ2v) is 8.18. The van der Waals surface area contributed by atoms with E-state index in [2.05, 4.69) is 6.92 Å². The number of imide groups is 1. The Balaban J connectivity index is 1.95. The third-order valence-corrected chi connectivity index (χ3v) is 6.50. The predicted octanol–water partition coefficient (Wildman–Crippen LogP) is 6.84. The average Bonchev–Trinajstić information content (AvgIpc) is 3.00. The Hall–Kier alpha value is -1.79. The lowest BCUT2D eigenvalue weighted by molar-refractivity contribution is 0.0499. The molecule has 5 nitrogen and oxygen atoms in total. The van der Waals surface area contributed by atoms with Crippen LogP contribution in [0.2, 0.25) is 20.1 Å². The van der Waals surface area contributed by atoms with E-state index in [1.165, 1.54) is 12.1 Å². The topological polar surface area (TPSA) is 63.7 Å². The van der Waals surface area contributed by atoms with Gasteiger partial charge in [-0.15, -0.1) is 0 Å². The summed E-state index contributed by atoms with van der Waals surface area (Å²) in [6.07, 6.45) is 3.80. The number of anilines is 1. The molecule has 0 radical (unpaired) electrons. The fraction of sp³-hybridized carbons (Fsp3) is 0.286. The van der Waals surface area contributed by atoms with E-state index >= 15 is 0 Å². The van der Waals surface area contributed by atoms with Gasteiger partial charge in [0.15, 0.2) is 0 Å². The van der Waals surface area contributed by atoms with Crippen LogP contribution in [-0.4, -0.2) is 24.4 Å². The van der Waals surface area contributed by atoms with Crippen LogP contribution in [0.25, 0.3) is 0 Å². The number of benzene rings is 2. The highest BCUT2D eigenvalue weighted by Crippen LogP contribution is 2.46. The molecule has 0 bridgehead atoms. The molecule has 0 aliphatic carbocycles. The summed E-state index contributed by atoms with van der Waals surface area (Å²) in [6, 6.07) is 6.17. The number of halogens is 4. The number of hydrogen-bond donors (Lipinski definition) is 0. The summed E-state index contributed by atoms with van der Waals surface area (Å²) in [5.41, 5.74) is -0.152. The molecule has 0 saturated heterocycles. The van der Waals surface area contributed by atoms with Gasteiger partial charge in [0.2, 0.25) is 0 Å². The van der Waals surface area contributed by atoms with Gasteiger partial charge in [-0.3, -0.25) is 9.59 Å². The molecule has 1 heterocycles. The number of unbranched alkanes of at least 4 members (excludes halogenated alkanes) is 3. The number of ether oxygens (including phenoxy) is 1. The van der Waals surface area contributed by atoms with Crippen LogP contribution >= 0.6 is 46.4 Å². The van der Waals surface area contributed by atoms with Gasteiger partial charge < -0.3 is 4.74 Å². The van der Waals surface area contributed by atoms with Gasteiger partial charge >= 0.3 is 5.97 Å². The van der Waals surface area contributed by atoms with Gasteiger partial charge in [0.05, 0.1) is 49.1 Å². The van der Waals surface area contributed by atoms with Crippen LogP contribution < -0.4 is 4.90 Å². The van der Waals surface area contributed by atoms with Crippen LogP contribution in [0.1, 0.15) is 63.7 Å². The van der Waals surface area contributed by atoms with Crippen molar-refractivity contribution in [2.24, 2.45) is 0 Å². The van der Waals surface area contributed by atoms with Crippen LogP contribution in [0, 0.1) is 0 Å². The van der Waals surface area contributed by atoms with Gasteiger partial charge in [0, 0.05) is 0 Å². The SMILES string of the molecule is CCCCCCOC(=O)c1ccccc1N1C(=O)c2c(Cl)c(Cl)c(Cl)c(Cl)c2C1=O. The minimum absolute atomic E-state index is 0.0710. The van der Waals surface area contributed by atoms with Crippen molar-refractivity contribution in [3.05, 3.63) is 61.0 Å². The molecule has 1 aliphatic rings. The Kier molecular flexibility index (Phi) is 7.30. The van der Waals surface area contributed by atoms with Crippen molar-refractivity contribution in [1.82, 2.24) is 0 Å². The summed E-state index contributed by atoms with van der Waals surface area (Å²) in [4.78, 5) is 39.6. The molecule has 0 aromatic heterocycles. The number of fused-ring (bicyclic) bond motifs is 1. The number of amides is 2. The van der Waals surface area contributed by atoms with Gasteiger partial charge in [-0.05, 0) is 18.6 Å². The summed E-state index contributed by atoms with van der Waals surface area (Å²) in [7, 11) is 0. The van der Waals surface area contributed by atoms with E-state index in [-0.39, 0.29) is 49.1 Å². The monoisotopic (exact) mass is 487 g/mol. The van der Waals surface area contributed by atoms with E-state index in [1.807, 2.05) is 0 Å². The van der Waals surface area contributed by atoms with Crippen molar-refractivity contribution in [1.29, 1.82) is 0 Å². The van der Waals surface area contributed by atoms with Gasteiger partial charge in [0.1, 0.15) is 0 Å². The fourth-order valence-corrected chi connectivity index (χ4v) is 4.19. The molecule has 0 fully saturated rings. The molecule has 0 atom stereocenters. The number of hydrogen-bond acceptors (Lipinski definition) is 4. The first-order valence-corrected chi connectivity index (χ1v) is 10.8. The zero-order valence-corrected chi connectivity index (χ0v) is 19.0. The number of para-hydroxylation sites is 1. The molecular weight excluding hydrogens is 472 g/mol. The number of carbonyl (C=O) groups excluding carboxylic acids is 3. The van der Waals surface area contributed by atoms with E-state index in [0.717, 1.165) is 30.6 Å². The largest absolute Gasteiger partial charge is 0.462 e. The molecule has 30 heavy (non-hydrogen) atoms. The third-order valence-electron chi connectivity index (χ3n) is 4.70. The van der Waals surface area contributed by atoms with Crippen LogP contribution in [0.5, 0.6) is 0 Å². The molecule has 0 saturated carbocycles. The van der Waals surface area contributed by atoms with E-state index in [4.69, 9.17) is 51.1 Å². The molecule has 0 unspecified atom stereocenters. The van der Waals surface area contributed by atoms with E-state index < -0.39 is 17.8 Å². The summed E-state index contributed by atoms with van der Waals surface area (Å²) in [5, 5.41) is -0.578. The van der Waals surface area contributed by atoms with Crippen molar-refractivity contribution in [2.75, 3.05) is 11.5 Å². The van der Waals surface area contributed by atoms with Crippen molar-refractivity contribution in [3.63, 3.8) is 0 Å². The number of nitrogens with zero attached hydrogens (tertiary/aromatic N) is 1. The smallest absolute Gasteiger partial charge is 0.340 e. The second-order valence-electron chi connectivity index (χ2n) is 6.67. The molecule has 2 aromatic carbocycles.